The maximum Gasteiger partial charge on any atom is 0.762 e. The summed E-state index contributed by atoms with van der Waals surface area (Å²) in [6.45, 7) is 2.25. The van der Waals surface area contributed by atoms with E-state index in [2.05, 4.69) is 6.92 Å². The van der Waals surface area contributed by atoms with Crippen molar-refractivity contribution in [3.63, 3.8) is 0 Å². The van der Waals surface area contributed by atoms with Crippen LogP contribution >= 0.6 is 0 Å². The van der Waals surface area contributed by atoms with Gasteiger partial charge in [0.05, 0.1) is 0 Å². The summed E-state index contributed by atoms with van der Waals surface area (Å²) in [7, 11) is -3.67. The third-order valence-corrected chi connectivity index (χ3v) is 2.06. The van der Waals surface area contributed by atoms with Crippen LogP contribution in [0.1, 0.15) is 26.2 Å². The van der Waals surface area contributed by atoms with Gasteiger partial charge in [-0.3, -0.25) is 12.9 Å². The molecule has 0 aliphatic rings. The van der Waals surface area contributed by atoms with E-state index in [0.717, 1.165) is 49.0 Å². The molecule has 0 saturated carbocycles. The number of unbranched alkanes of at least 4 members (excludes halogenated alkanes) is 2. The molecule has 0 aliphatic carbocycles. The largest absolute Gasteiger partial charge is 0.762 e. The minimum absolute atomic E-state index is 1.11. The fraction of sp³-hybridized carbons (Fsp3) is 1.00. The van der Waals surface area contributed by atoms with Crippen molar-refractivity contribution in [2.24, 2.45) is 0 Å². The molecule has 0 aromatic carbocycles. The van der Waals surface area contributed by atoms with Crippen molar-refractivity contribution in [2.75, 3.05) is 0 Å². The van der Waals surface area contributed by atoms with E-state index in [-0.39, 0.29) is 0 Å². The van der Waals surface area contributed by atoms with Crippen molar-refractivity contribution < 1.29 is 12.9 Å². The molecule has 0 fully saturated rings. The van der Waals surface area contributed by atoms with Gasteiger partial charge in [0.25, 0.3) is 0 Å². The molecule has 0 bridgehead atoms. The second-order valence-electron chi connectivity index (χ2n) is 1.95. The van der Waals surface area contributed by atoms with Crippen LogP contribution in [0.5, 0.6) is 0 Å². The first-order valence-electron chi connectivity index (χ1n) is 3.57. The minimum Gasteiger partial charge on any atom is -0.254 e. The molecule has 0 N–H and O–H groups in total. The molecule has 0 atom stereocenters. The van der Waals surface area contributed by atoms with Gasteiger partial charge in [0.2, 0.25) is 0 Å². The maximum absolute atomic E-state index is 9.67. The van der Waals surface area contributed by atoms with E-state index in [1.54, 1.807) is 0.515 Å². The quantitative estimate of drug-likeness (QED) is 0.460. The molecule has 0 heterocycles. The van der Waals surface area contributed by atoms with Crippen molar-refractivity contribution in [3.05, 3.63) is 0 Å². The molecule has 0 unspecified atom stereocenters. The Bertz CT molecular complexity index is 47.4. The van der Waals surface area contributed by atoms with Crippen molar-refractivity contribution in [2.45, 2.75) is 26.7 Å². The van der Waals surface area contributed by atoms with Gasteiger partial charge in [-0.25, -0.2) is 0 Å². The first kappa shape index (κ1) is 14.0. The molecule has 0 amide bonds. The van der Waals surface area contributed by atoms with Gasteiger partial charge < -0.3 is 0 Å². The number of hydrogen-bond acceptors (Lipinski definition) is 0. The van der Waals surface area contributed by atoms with E-state index < -0.39 is 7.54 Å². The number of rotatable bonds is 3. The summed E-state index contributed by atoms with van der Waals surface area (Å²) in [6.07, 6.45) is 4.34. The zero-order valence-electron chi connectivity index (χ0n) is 6.54. The summed E-state index contributed by atoms with van der Waals surface area (Å²) in [5.74, 6) is 0. The van der Waals surface area contributed by atoms with Gasteiger partial charge in [0.1, 0.15) is 0 Å². The molecule has 10 heavy (non-hydrogen) atoms. The molecule has 0 aromatic rings. The van der Waals surface area contributed by atoms with E-state index in [9.17, 15) is 12.9 Å². The van der Waals surface area contributed by atoms with E-state index in [4.69, 9.17) is 0 Å². The zero-order chi connectivity index (χ0) is 8.41. The van der Waals surface area contributed by atoms with Crippen LogP contribution in [-0.4, -0.2) is 56.5 Å². The van der Waals surface area contributed by atoms with E-state index in [1.165, 1.54) is 19.3 Å². The second-order valence-corrected chi connectivity index (χ2v) is 3.52. The molecule has 0 aliphatic heterocycles. The minimum atomic E-state index is -3.67. The van der Waals surface area contributed by atoms with Crippen LogP contribution in [0, 0.1) is 0 Å². The SMILES string of the molecule is CCCC[CH2][K].FB(F)F. The molecule has 0 aromatic heterocycles. The Kier molecular flexibility index (Phi) is 18.4. The second kappa shape index (κ2) is 13.1. The fourth-order valence-electron chi connectivity index (χ4n) is 0.500. The van der Waals surface area contributed by atoms with Gasteiger partial charge in [-0.15, -0.1) is 0 Å². The normalized spacial score (nSPS) is 8.20. The van der Waals surface area contributed by atoms with Crippen LogP contribution in [-0.2, 0) is 0 Å². The molecule has 0 rings (SSSR count). The molecule has 56 valence electrons. The molecular formula is C5H11BF3K. The third-order valence-electron chi connectivity index (χ3n) is 0.957. The fourth-order valence-corrected chi connectivity index (χ4v) is 1.28. The van der Waals surface area contributed by atoms with E-state index in [1.807, 2.05) is 0 Å². The third kappa shape index (κ3) is 33.9. The Balaban J connectivity index is 0. The topological polar surface area (TPSA) is 0 Å². The predicted molar refractivity (Wildman–Crippen MR) is 39.2 cm³/mol. The number of halogens is 3. The predicted octanol–water partition coefficient (Wildman–Crippen LogP) is 2.64. The average Bonchev–Trinajstić information content (AvgIpc) is 1.82. The first-order valence-corrected chi connectivity index (χ1v) is 5.78. The Morgan fingerprint density at radius 1 is 1.20 bits per heavy atom. The Morgan fingerprint density at radius 2 is 1.60 bits per heavy atom. The summed E-state index contributed by atoms with van der Waals surface area (Å²) in [4.78, 5) is 0. The summed E-state index contributed by atoms with van der Waals surface area (Å²) in [5, 5.41) is 0. The van der Waals surface area contributed by atoms with Crippen LogP contribution in [0.3, 0.4) is 0 Å². The van der Waals surface area contributed by atoms with Crippen LogP contribution < -0.4 is 0 Å². The smallest absolute Gasteiger partial charge is 0.254 e. The summed E-state index contributed by atoms with van der Waals surface area (Å²) in [5.41, 5.74) is 0. The van der Waals surface area contributed by atoms with Crippen LogP contribution in [0.4, 0.5) is 12.9 Å². The van der Waals surface area contributed by atoms with Gasteiger partial charge in [-0.2, -0.15) is 0 Å². The molecule has 0 radical (unpaired) electrons. The van der Waals surface area contributed by atoms with Crippen LogP contribution in [0.25, 0.3) is 0 Å². The Morgan fingerprint density at radius 3 is 1.70 bits per heavy atom. The molecule has 0 nitrogen and oxygen atoms in total. The maximum atomic E-state index is 9.67. The van der Waals surface area contributed by atoms with Gasteiger partial charge in [-0.1, -0.05) is 0 Å². The average molecular weight is 178 g/mol. The number of hydrogen-bond donors (Lipinski definition) is 0. The first-order chi connectivity index (χ1) is 4.65. The van der Waals surface area contributed by atoms with Crippen molar-refractivity contribution in [3.8, 4) is 0 Å². The van der Waals surface area contributed by atoms with Gasteiger partial charge in [0, 0.05) is 0 Å². The van der Waals surface area contributed by atoms with Crippen LogP contribution in [0.2, 0.25) is 0.515 Å². The molecule has 0 saturated heterocycles. The van der Waals surface area contributed by atoms with Crippen molar-refractivity contribution in [1.82, 2.24) is 0 Å². The zero-order valence-corrected chi connectivity index (χ0v) is 9.66. The molecule has 0 spiro atoms. The van der Waals surface area contributed by atoms with Gasteiger partial charge in [-0.05, 0) is 0 Å². The Hall–Kier alpha value is 1.49. The summed E-state index contributed by atoms with van der Waals surface area (Å²) < 4.78 is 30.5. The van der Waals surface area contributed by atoms with Crippen molar-refractivity contribution >= 4 is 56.5 Å². The molecular weight excluding hydrogens is 167 g/mol. The van der Waals surface area contributed by atoms with Gasteiger partial charge >= 0.3 is 83.2 Å². The summed E-state index contributed by atoms with van der Waals surface area (Å²) in [6, 6.07) is 0. The molecule has 5 heteroatoms. The Labute approximate surface area is 94.8 Å². The monoisotopic (exact) mass is 178 g/mol. The van der Waals surface area contributed by atoms with Gasteiger partial charge in [0.15, 0.2) is 0 Å². The van der Waals surface area contributed by atoms with E-state index in [0.29, 0.717) is 0 Å². The van der Waals surface area contributed by atoms with E-state index >= 15 is 0 Å². The summed E-state index contributed by atoms with van der Waals surface area (Å²) >= 11 is 1.11. The van der Waals surface area contributed by atoms with Crippen LogP contribution in [0.15, 0.2) is 0 Å². The standard InChI is InChI=1S/C5H11.BF3.K/c1-3-5-4-2;2-1(3)4;/h1,3-5H2,2H3;;. The van der Waals surface area contributed by atoms with Crippen molar-refractivity contribution in [1.29, 1.82) is 0 Å².